The molecule has 0 saturated carbocycles. The molecular formula is C50H80N4O12. The Labute approximate surface area is 392 Å². The average molecular weight is 929 g/mol. The van der Waals surface area contributed by atoms with Crippen LogP contribution in [0.5, 0.6) is 0 Å². The highest BCUT2D eigenvalue weighted by atomic mass is 16.7. The molecule has 2 saturated heterocycles. The number of methoxy groups -OCH3 is 2. The molecule has 1 spiro atoms. The average Bonchev–Trinajstić information content (AvgIpc) is 3.81. The number of likely N-dealkylation sites (N-methyl/N-ethyl adjacent to an activating group) is 1. The Bertz CT molecular complexity index is 1890. The van der Waals surface area contributed by atoms with Crippen molar-refractivity contribution in [2.75, 3.05) is 41.5 Å². The van der Waals surface area contributed by atoms with E-state index in [2.05, 4.69) is 10.3 Å². The number of hydrogen-bond acceptors (Lipinski definition) is 15. The molecule has 2 fully saturated rings. The summed E-state index contributed by atoms with van der Waals surface area (Å²) in [4.78, 5) is 18.9. The van der Waals surface area contributed by atoms with Crippen molar-refractivity contribution in [3.8, 4) is 6.07 Å². The lowest BCUT2D eigenvalue weighted by Gasteiger charge is -2.49. The molecule has 372 valence electrons. The smallest absolute Gasteiger partial charge is 0.251 e. The highest BCUT2D eigenvalue weighted by Gasteiger charge is 2.66. The van der Waals surface area contributed by atoms with E-state index in [0.717, 1.165) is 16.7 Å². The van der Waals surface area contributed by atoms with Gasteiger partial charge in [0.1, 0.15) is 24.2 Å². The molecule has 2 aliphatic rings. The maximum Gasteiger partial charge on any atom is 0.251 e. The van der Waals surface area contributed by atoms with E-state index in [1.165, 1.54) is 26.6 Å². The molecule has 0 aliphatic carbocycles. The van der Waals surface area contributed by atoms with E-state index in [-0.39, 0.29) is 43.7 Å². The molecule has 0 radical (unpaired) electrons. The predicted octanol–water partition coefficient (Wildman–Crippen LogP) is 4.57. The number of allylic oxidation sites excluding steroid dienone is 7. The number of carbonyl (C=O) groups excluding carboxylic acids is 1. The van der Waals surface area contributed by atoms with Gasteiger partial charge in [0.2, 0.25) is 0 Å². The van der Waals surface area contributed by atoms with Gasteiger partial charge in [-0.25, -0.2) is 4.98 Å². The maximum atomic E-state index is 12.6. The van der Waals surface area contributed by atoms with Crippen LogP contribution in [0.2, 0.25) is 0 Å². The summed E-state index contributed by atoms with van der Waals surface area (Å²) in [6, 6.07) is 1.44. The number of aliphatic hydroxyl groups is 6. The molecule has 1 aromatic rings. The van der Waals surface area contributed by atoms with Crippen LogP contribution < -0.4 is 5.32 Å². The molecule has 1 amide bonds. The van der Waals surface area contributed by atoms with Crippen LogP contribution in [0, 0.1) is 34.5 Å². The van der Waals surface area contributed by atoms with Crippen molar-refractivity contribution in [2.45, 2.75) is 161 Å². The van der Waals surface area contributed by atoms with Crippen LogP contribution in [0.25, 0.3) is 6.08 Å². The minimum absolute atomic E-state index is 0.0649. The third-order valence-electron chi connectivity index (χ3n) is 13.8. The zero-order valence-electron chi connectivity index (χ0n) is 41.4. The normalized spacial score (nSPS) is 28.3. The first kappa shape index (κ1) is 56.8. The maximum absolute atomic E-state index is 12.6. The first-order chi connectivity index (χ1) is 31.0. The molecule has 16 nitrogen and oxygen atoms in total. The van der Waals surface area contributed by atoms with Crippen molar-refractivity contribution >= 4 is 12.0 Å². The molecule has 3 rings (SSSR count). The van der Waals surface area contributed by atoms with E-state index < -0.39 is 84.0 Å². The number of aliphatic hydroxyl groups excluding tert-OH is 6. The molecule has 0 unspecified atom stereocenters. The van der Waals surface area contributed by atoms with Gasteiger partial charge in [-0.05, 0) is 64.9 Å². The van der Waals surface area contributed by atoms with E-state index in [1.54, 1.807) is 32.0 Å². The first-order valence-electron chi connectivity index (χ1n) is 23.1. The lowest BCUT2D eigenvalue weighted by atomic mass is 9.72. The highest BCUT2D eigenvalue weighted by molar-refractivity contribution is 5.81. The fraction of sp³-hybridized carbons (Fsp3) is 0.700. The van der Waals surface area contributed by atoms with Gasteiger partial charge in [-0.15, -0.1) is 0 Å². The summed E-state index contributed by atoms with van der Waals surface area (Å²) in [5.41, 5.74) is 2.38. The van der Waals surface area contributed by atoms with Crippen molar-refractivity contribution in [2.24, 2.45) is 23.2 Å². The Kier molecular flexibility index (Phi) is 22.1. The number of oxazole rings is 1. The minimum atomic E-state index is -1.63. The number of carbonyl (C=O) groups is 1. The summed E-state index contributed by atoms with van der Waals surface area (Å²) in [5, 5.41) is 78.6. The van der Waals surface area contributed by atoms with Gasteiger partial charge < -0.3 is 64.2 Å². The second-order valence-electron chi connectivity index (χ2n) is 19.3. The van der Waals surface area contributed by atoms with Crippen molar-refractivity contribution in [3.63, 3.8) is 0 Å². The van der Waals surface area contributed by atoms with Crippen LogP contribution in [0.15, 0.2) is 63.9 Å². The van der Waals surface area contributed by atoms with Crippen LogP contribution in [0.3, 0.4) is 0 Å². The summed E-state index contributed by atoms with van der Waals surface area (Å²) in [5.74, 6) is -2.91. The number of hydrogen-bond donors (Lipinski definition) is 7. The second kappa shape index (κ2) is 25.7. The number of nitriles is 1. The van der Waals surface area contributed by atoms with Gasteiger partial charge in [-0.3, -0.25) is 4.79 Å². The van der Waals surface area contributed by atoms with Crippen molar-refractivity contribution < 1.29 is 58.8 Å². The van der Waals surface area contributed by atoms with Crippen LogP contribution in [-0.4, -0.2) is 155 Å². The van der Waals surface area contributed by atoms with Crippen molar-refractivity contribution in [1.29, 1.82) is 5.26 Å². The lowest BCUT2D eigenvalue weighted by Crippen LogP contribution is -2.58. The van der Waals surface area contributed by atoms with Gasteiger partial charge in [-0.2, -0.15) is 5.26 Å². The SMILES string of the molecule is COC[C@H]([C@@H](O)[C@@H](O)C(=O)NCC[C@@H](C)c1nc(/C=C/C[C@H]2O[C@@]3(C[C@H](O)[C@H]2C)O[C@@H]([C@@H](C[C@@H](O)[C@@H](C)[C@@H](O)[C@@H](C)/C=C(C)/C(C)=C/C=C/C(C)=C\C#N)OC)[C@@H](O)C3(C)C)co1)N(C)C. The fourth-order valence-corrected chi connectivity index (χ4v) is 8.64. The van der Waals surface area contributed by atoms with Crippen molar-refractivity contribution in [1.82, 2.24) is 15.2 Å². The van der Waals surface area contributed by atoms with Gasteiger partial charge >= 0.3 is 0 Å². The Balaban J connectivity index is 1.63. The molecular weight excluding hydrogens is 849 g/mol. The number of aromatic nitrogens is 1. The predicted molar refractivity (Wildman–Crippen MR) is 251 cm³/mol. The fourth-order valence-electron chi connectivity index (χ4n) is 8.64. The Morgan fingerprint density at radius 3 is 2.38 bits per heavy atom. The number of rotatable bonds is 24. The molecule has 7 N–H and O–H groups in total. The summed E-state index contributed by atoms with van der Waals surface area (Å²) in [6.45, 7) is 17.3. The monoisotopic (exact) mass is 929 g/mol. The third-order valence-corrected chi connectivity index (χ3v) is 13.8. The van der Waals surface area contributed by atoms with E-state index in [9.17, 15) is 35.4 Å². The topological polar surface area (TPSA) is 240 Å². The number of nitrogens with one attached hydrogen (secondary N) is 1. The van der Waals surface area contributed by atoms with E-state index >= 15 is 0 Å². The largest absolute Gasteiger partial charge is 0.448 e. The van der Waals surface area contributed by atoms with Crippen molar-refractivity contribution in [3.05, 3.63) is 71.0 Å². The number of ether oxygens (including phenoxy) is 4. The number of amides is 1. The summed E-state index contributed by atoms with van der Waals surface area (Å²) in [7, 11) is 6.43. The van der Waals surface area contributed by atoms with Crippen LogP contribution in [0.4, 0.5) is 0 Å². The minimum Gasteiger partial charge on any atom is -0.448 e. The second-order valence-corrected chi connectivity index (χ2v) is 19.3. The zero-order chi connectivity index (χ0) is 49.7. The molecule has 1 aromatic heterocycles. The Morgan fingerprint density at radius 2 is 1.76 bits per heavy atom. The van der Waals surface area contributed by atoms with Gasteiger partial charge in [0.05, 0.1) is 55.3 Å². The summed E-state index contributed by atoms with van der Waals surface area (Å²) >= 11 is 0. The third kappa shape index (κ3) is 14.5. The molecule has 66 heavy (non-hydrogen) atoms. The molecule has 15 atom stereocenters. The molecule has 0 aromatic carbocycles. The van der Waals surface area contributed by atoms with Gasteiger partial charge in [0.15, 0.2) is 17.8 Å². The molecule has 3 heterocycles. The van der Waals surface area contributed by atoms with Crippen LogP contribution in [0.1, 0.15) is 105 Å². The molecule has 2 aliphatic heterocycles. The standard InChI is InChI=1S/C50H80N4O12/c1-29(20-22-51)16-14-17-30(2)32(4)24-33(5)42(57)35(7)38(55)25-41(63-13)45-46(60)49(8,9)50(66-45)26-39(56)34(6)40(65-50)19-15-18-36-27-64-48(53-36)31(3)21-23-52-47(61)44(59)43(58)37(28-62-12)54(10)11/h14-18,20,24,27,31,33-35,37-46,55-60H,19,21,23,25-26,28H2,1-13H3,(H,52,61)/b16-14+,18-15+,29-20-,30-17+,32-24+/t31-,33+,34-,35-,37-,38-,39+,40-,41-,42+,43-,44-,45+,46-,50+/m1/s1. The van der Waals surface area contributed by atoms with Gasteiger partial charge in [0, 0.05) is 68.8 Å². The van der Waals surface area contributed by atoms with E-state index in [4.69, 9.17) is 28.6 Å². The Hall–Kier alpha value is -3.57. The highest BCUT2D eigenvalue weighted by Crippen LogP contribution is 2.55. The van der Waals surface area contributed by atoms with Gasteiger partial charge in [-0.1, -0.05) is 77.5 Å². The first-order valence-corrected chi connectivity index (χ1v) is 23.1. The van der Waals surface area contributed by atoms with Crippen LogP contribution >= 0.6 is 0 Å². The quantitative estimate of drug-likeness (QED) is 0.0555. The van der Waals surface area contributed by atoms with E-state index in [1.807, 2.05) is 91.8 Å². The molecule has 16 heteroatoms. The lowest BCUT2D eigenvalue weighted by molar-refractivity contribution is -0.334. The number of nitrogens with zero attached hydrogens (tertiary/aromatic N) is 3. The Morgan fingerprint density at radius 1 is 1.08 bits per heavy atom. The molecule has 0 bridgehead atoms. The van der Waals surface area contributed by atoms with E-state index in [0.29, 0.717) is 24.4 Å². The summed E-state index contributed by atoms with van der Waals surface area (Å²) < 4.78 is 30.2. The van der Waals surface area contributed by atoms with Crippen LogP contribution in [-0.2, 0) is 23.7 Å². The summed E-state index contributed by atoms with van der Waals surface area (Å²) in [6.07, 6.45) is 6.39. The van der Waals surface area contributed by atoms with Gasteiger partial charge in [0.25, 0.3) is 5.91 Å². The zero-order valence-corrected chi connectivity index (χ0v) is 41.4.